The number of carbonyl (C=O) groups is 2. The SMILES string of the molecule is CC(=O)C(C=O)c1ccccc1I. The number of hydrogen-bond donors (Lipinski definition) is 0. The van der Waals surface area contributed by atoms with Crippen molar-refractivity contribution in [3.63, 3.8) is 0 Å². The molecule has 1 unspecified atom stereocenters. The third kappa shape index (κ3) is 2.37. The van der Waals surface area contributed by atoms with Crippen molar-refractivity contribution >= 4 is 34.7 Å². The van der Waals surface area contributed by atoms with Gasteiger partial charge >= 0.3 is 0 Å². The summed E-state index contributed by atoms with van der Waals surface area (Å²) in [7, 11) is 0. The first kappa shape index (κ1) is 10.4. The van der Waals surface area contributed by atoms with E-state index in [1.54, 1.807) is 0 Å². The van der Waals surface area contributed by atoms with Crippen LogP contribution in [0.1, 0.15) is 18.4 Å². The predicted molar refractivity (Wildman–Crippen MR) is 58.6 cm³/mol. The van der Waals surface area contributed by atoms with Gasteiger partial charge in [-0.1, -0.05) is 18.2 Å². The molecule has 0 heterocycles. The van der Waals surface area contributed by atoms with Crippen LogP contribution in [0, 0.1) is 3.57 Å². The van der Waals surface area contributed by atoms with Crippen molar-refractivity contribution in [1.82, 2.24) is 0 Å². The molecule has 1 atom stereocenters. The predicted octanol–water partition coefficient (Wildman–Crippen LogP) is 2.16. The highest BCUT2D eigenvalue weighted by atomic mass is 127. The maximum Gasteiger partial charge on any atom is 0.144 e. The van der Waals surface area contributed by atoms with E-state index in [2.05, 4.69) is 22.6 Å². The quantitative estimate of drug-likeness (QED) is 0.485. The number of Topliss-reactive ketones (excluding diaryl/α,β-unsaturated/α-hetero) is 1. The van der Waals surface area contributed by atoms with Gasteiger partial charge in [0.05, 0.1) is 5.92 Å². The van der Waals surface area contributed by atoms with Crippen LogP contribution in [0.5, 0.6) is 0 Å². The lowest BCUT2D eigenvalue weighted by molar-refractivity contribution is -0.122. The molecule has 0 saturated heterocycles. The topological polar surface area (TPSA) is 34.1 Å². The molecule has 0 aromatic heterocycles. The number of ketones is 1. The smallest absolute Gasteiger partial charge is 0.144 e. The molecule has 2 nitrogen and oxygen atoms in total. The van der Waals surface area contributed by atoms with Crippen molar-refractivity contribution in [2.75, 3.05) is 0 Å². The summed E-state index contributed by atoms with van der Waals surface area (Å²) in [6, 6.07) is 7.40. The van der Waals surface area contributed by atoms with Gasteiger partial charge in [-0.3, -0.25) is 4.79 Å². The molecule has 0 saturated carbocycles. The molecule has 0 N–H and O–H groups in total. The summed E-state index contributed by atoms with van der Waals surface area (Å²) < 4.78 is 0.951. The second-order valence-corrected chi connectivity index (χ2v) is 3.91. The maximum absolute atomic E-state index is 11.1. The Morgan fingerprint density at radius 2 is 2.08 bits per heavy atom. The molecule has 0 fully saturated rings. The third-order valence-corrected chi connectivity index (χ3v) is 2.80. The molecule has 1 rings (SSSR count). The van der Waals surface area contributed by atoms with Crippen LogP contribution >= 0.6 is 22.6 Å². The molecule has 0 aliphatic carbocycles. The van der Waals surface area contributed by atoms with E-state index >= 15 is 0 Å². The van der Waals surface area contributed by atoms with Gasteiger partial charge in [-0.25, -0.2) is 0 Å². The van der Waals surface area contributed by atoms with Crippen molar-refractivity contribution in [2.45, 2.75) is 12.8 Å². The van der Waals surface area contributed by atoms with Gasteiger partial charge in [0, 0.05) is 3.57 Å². The van der Waals surface area contributed by atoms with Gasteiger partial charge in [-0.2, -0.15) is 0 Å². The molecule has 68 valence electrons. The van der Waals surface area contributed by atoms with E-state index < -0.39 is 5.92 Å². The molecule has 0 amide bonds. The van der Waals surface area contributed by atoms with Gasteiger partial charge < -0.3 is 4.79 Å². The molecule has 3 heteroatoms. The highest BCUT2D eigenvalue weighted by Crippen LogP contribution is 2.20. The Bertz CT molecular complexity index is 333. The summed E-state index contributed by atoms with van der Waals surface area (Å²) in [5.74, 6) is -0.716. The minimum atomic E-state index is -0.604. The lowest BCUT2D eigenvalue weighted by atomic mass is 9.97. The van der Waals surface area contributed by atoms with Gasteiger partial charge in [0.1, 0.15) is 12.1 Å². The van der Waals surface area contributed by atoms with E-state index in [9.17, 15) is 9.59 Å². The molecular formula is C10H9IO2. The highest BCUT2D eigenvalue weighted by Gasteiger charge is 2.17. The standard InChI is InChI=1S/C10H9IO2/c1-7(13)9(6-12)8-4-2-3-5-10(8)11/h2-6,9H,1H3. The summed E-state index contributed by atoms with van der Waals surface area (Å²) in [5, 5.41) is 0. The van der Waals surface area contributed by atoms with Gasteiger partial charge in [-0.05, 0) is 41.1 Å². The fraction of sp³-hybridized carbons (Fsp3) is 0.200. The Kier molecular flexibility index (Phi) is 3.59. The van der Waals surface area contributed by atoms with E-state index in [4.69, 9.17) is 0 Å². The van der Waals surface area contributed by atoms with E-state index in [1.165, 1.54) is 6.92 Å². The van der Waals surface area contributed by atoms with Crippen molar-refractivity contribution in [1.29, 1.82) is 0 Å². The zero-order valence-corrected chi connectivity index (χ0v) is 9.32. The Balaban J connectivity index is 3.12. The monoisotopic (exact) mass is 288 g/mol. The first-order chi connectivity index (χ1) is 6.16. The van der Waals surface area contributed by atoms with Crippen LogP contribution in [-0.4, -0.2) is 12.1 Å². The molecule has 1 aromatic carbocycles. The van der Waals surface area contributed by atoms with Crippen LogP contribution in [0.2, 0.25) is 0 Å². The van der Waals surface area contributed by atoms with E-state index in [1.807, 2.05) is 24.3 Å². The average Bonchev–Trinajstić information content (AvgIpc) is 2.09. The summed E-state index contributed by atoms with van der Waals surface area (Å²) in [6.45, 7) is 1.43. The molecule has 1 aromatic rings. The minimum Gasteiger partial charge on any atom is -0.302 e. The lowest BCUT2D eigenvalue weighted by Gasteiger charge is -2.08. The molecule has 0 aliphatic rings. The fourth-order valence-corrected chi connectivity index (χ4v) is 1.84. The zero-order chi connectivity index (χ0) is 9.84. The van der Waals surface area contributed by atoms with Crippen LogP contribution in [0.25, 0.3) is 0 Å². The molecule has 0 spiro atoms. The number of benzene rings is 1. The van der Waals surface area contributed by atoms with Crippen molar-refractivity contribution in [3.8, 4) is 0 Å². The molecule has 0 bridgehead atoms. The average molecular weight is 288 g/mol. The number of halogens is 1. The van der Waals surface area contributed by atoms with Crippen LogP contribution in [0.15, 0.2) is 24.3 Å². The van der Waals surface area contributed by atoms with Crippen molar-refractivity contribution in [3.05, 3.63) is 33.4 Å². The molecule has 13 heavy (non-hydrogen) atoms. The van der Waals surface area contributed by atoms with Crippen LogP contribution in [0.4, 0.5) is 0 Å². The van der Waals surface area contributed by atoms with Gasteiger partial charge in [-0.15, -0.1) is 0 Å². The summed E-state index contributed by atoms with van der Waals surface area (Å²) in [6.07, 6.45) is 0.694. The Hall–Kier alpha value is -0.710. The van der Waals surface area contributed by atoms with E-state index in [0.29, 0.717) is 6.29 Å². The first-order valence-corrected chi connectivity index (χ1v) is 4.95. The maximum atomic E-state index is 11.1. The Morgan fingerprint density at radius 1 is 1.46 bits per heavy atom. The van der Waals surface area contributed by atoms with Gasteiger partial charge in [0.2, 0.25) is 0 Å². The van der Waals surface area contributed by atoms with Gasteiger partial charge in [0.15, 0.2) is 0 Å². The largest absolute Gasteiger partial charge is 0.302 e. The second-order valence-electron chi connectivity index (χ2n) is 2.75. The minimum absolute atomic E-state index is 0.112. The van der Waals surface area contributed by atoms with Crippen molar-refractivity contribution in [2.24, 2.45) is 0 Å². The van der Waals surface area contributed by atoms with E-state index in [0.717, 1.165) is 9.13 Å². The van der Waals surface area contributed by atoms with Crippen molar-refractivity contribution < 1.29 is 9.59 Å². The summed E-state index contributed by atoms with van der Waals surface area (Å²) in [4.78, 5) is 21.8. The molecule has 0 radical (unpaired) electrons. The Morgan fingerprint density at radius 3 is 2.54 bits per heavy atom. The van der Waals surface area contributed by atoms with Crippen LogP contribution in [0.3, 0.4) is 0 Å². The number of carbonyl (C=O) groups excluding carboxylic acids is 2. The second kappa shape index (κ2) is 4.50. The zero-order valence-electron chi connectivity index (χ0n) is 7.16. The van der Waals surface area contributed by atoms with Crippen LogP contribution < -0.4 is 0 Å². The summed E-state index contributed by atoms with van der Waals surface area (Å²) in [5.41, 5.74) is 0.797. The highest BCUT2D eigenvalue weighted by molar-refractivity contribution is 14.1. The lowest BCUT2D eigenvalue weighted by Crippen LogP contribution is -2.11. The fourth-order valence-electron chi connectivity index (χ4n) is 1.12. The number of hydrogen-bond acceptors (Lipinski definition) is 2. The summed E-state index contributed by atoms with van der Waals surface area (Å²) >= 11 is 2.12. The first-order valence-electron chi connectivity index (χ1n) is 3.87. The van der Waals surface area contributed by atoms with Crippen LogP contribution in [-0.2, 0) is 9.59 Å². The van der Waals surface area contributed by atoms with E-state index in [-0.39, 0.29) is 5.78 Å². The Labute approximate surface area is 90.5 Å². The normalized spacial score (nSPS) is 12.2. The molecular weight excluding hydrogens is 279 g/mol. The van der Waals surface area contributed by atoms with Gasteiger partial charge in [0.25, 0.3) is 0 Å². The third-order valence-electron chi connectivity index (χ3n) is 1.81. The molecule has 0 aliphatic heterocycles. The number of rotatable bonds is 3. The number of aldehydes is 1.